The molecule has 28 heavy (non-hydrogen) atoms. The number of nitrogens with one attached hydrogen (secondary N) is 2. The van der Waals surface area contributed by atoms with Crippen LogP contribution in [0.2, 0.25) is 0 Å². The molecule has 144 valence electrons. The fraction of sp³-hybridized carbons (Fsp3) is 0.167. The quantitative estimate of drug-likeness (QED) is 0.514. The zero-order chi connectivity index (χ0) is 19.8. The molecule has 3 aromatic rings. The van der Waals surface area contributed by atoms with E-state index < -0.39 is 0 Å². The lowest BCUT2D eigenvalue weighted by molar-refractivity contribution is 0.414. The summed E-state index contributed by atoms with van der Waals surface area (Å²) in [6.07, 6.45) is 1.85. The third-order valence-corrected chi connectivity index (χ3v) is 4.56. The van der Waals surface area contributed by atoms with Gasteiger partial charge in [-0.05, 0) is 53.1 Å². The maximum Gasteiger partial charge on any atom is 0.118 e. The number of benzene rings is 3. The average molecular weight is 374 g/mol. The monoisotopic (exact) mass is 374 g/mol. The zero-order valence-corrected chi connectivity index (χ0v) is 16.4. The van der Waals surface area contributed by atoms with Gasteiger partial charge in [0.05, 0.1) is 25.6 Å². The Bertz CT molecular complexity index is 903. The normalized spacial score (nSPS) is 10.2. The lowest BCUT2D eigenvalue weighted by Crippen LogP contribution is -2.06. The minimum Gasteiger partial charge on any atom is -0.497 e. The lowest BCUT2D eigenvalue weighted by atomic mass is 10.1. The summed E-state index contributed by atoms with van der Waals surface area (Å²) in [5, 5.41) is 7.04. The molecule has 0 saturated heterocycles. The van der Waals surface area contributed by atoms with Crippen molar-refractivity contribution in [3.05, 3.63) is 90.0 Å². The number of ether oxygens (including phenoxy) is 2. The molecule has 4 nitrogen and oxygen atoms in total. The third kappa shape index (κ3) is 5.07. The van der Waals surface area contributed by atoms with Crippen molar-refractivity contribution in [3.63, 3.8) is 0 Å². The van der Waals surface area contributed by atoms with Crippen LogP contribution in [0.15, 0.2) is 73.3 Å². The van der Waals surface area contributed by atoms with Gasteiger partial charge in [-0.3, -0.25) is 0 Å². The van der Waals surface area contributed by atoms with E-state index in [1.54, 1.807) is 14.2 Å². The van der Waals surface area contributed by atoms with Crippen LogP contribution in [-0.2, 0) is 13.1 Å². The van der Waals surface area contributed by atoms with Gasteiger partial charge in [0.15, 0.2) is 0 Å². The molecule has 2 N–H and O–H groups in total. The molecule has 0 spiro atoms. The maximum absolute atomic E-state index is 5.22. The van der Waals surface area contributed by atoms with Gasteiger partial charge in [-0.25, -0.2) is 0 Å². The SMILES string of the molecule is C=Cc1ccc(NCc2ccc(OC)cc2)c(NCc2ccc(OC)cc2)c1. The first-order chi connectivity index (χ1) is 13.7. The fourth-order valence-electron chi connectivity index (χ4n) is 2.87. The van der Waals surface area contributed by atoms with Crippen molar-refractivity contribution in [2.75, 3.05) is 24.9 Å². The van der Waals surface area contributed by atoms with E-state index in [0.29, 0.717) is 0 Å². The van der Waals surface area contributed by atoms with E-state index in [-0.39, 0.29) is 0 Å². The minimum absolute atomic E-state index is 0.724. The van der Waals surface area contributed by atoms with E-state index >= 15 is 0 Å². The molecular weight excluding hydrogens is 348 g/mol. The maximum atomic E-state index is 5.22. The van der Waals surface area contributed by atoms with Crippen molar-refractivity contribution in [2.45, 2.75) is 13.1 Å². The summed E-state index contributed by atoms with van der Waals surface area (Å²) in [6.45, 7) is 5.33. The third-order valence-electron chi connectivity index (χ3n) is 4.56. The first-order valence-corrected chi connectivity index (χ1v) is 9.22. The van der Waals surface area contributed by atoms with Gasteiger partial charge in [-0.15, -0.1) is 0 Å². The Hall–Kier alpha value is -3.40. The summed E-state index contributed by atoms with van der Waals surface area (Å²) < 4.78 is 10.4. The predicted molar refractivity (Wildman–Crippen MR) is 117 cm³/mol. The van der Waals surface area contributed by atoms with Gasteiger partial charge in [0.1, 0.15) is 11.5 Å². The highest BCUT2D eigenvalue weighted by molar-refractivity contribution is 5.72. The second-order valence-electron chi connectivity index (χ2n) is 6.41. The van der Waals surface area contributed by atoms with E-state index in [0.717, 1.165) is 41.5 Å². The minimum atomic E-state index is 0.724. The van der Waals surface area contributed by atoms with Crippen LogP contribution in [0, 0.1) is 0 Å². The summed E-state index contributed by atoms with van der Waals surface area (Å²) in [5.41, 5.74) is 5.55. The molecule has 0 unspecified atom stereocenters. The lowest BCUT2D eigenvalue weighted by Gasteiger charge is -2.15. The van der Waals surface area contributed by atoms with Crippen LogP contribution >= 0.6 is 0 Å². The first kappa shape index (κ1) is 19.4. The van der Waals surface area contributed by atoms with Crippen molar-refractivity contribution in [2.24, 2.45) is 0 Å². The van der Waals surface area contributed by atoms with Crippen LogP contribution in [0.4, 0.5) is 11.4 Å². The Balaban J connectivity index is 1.70. The molecule has 3 aromatic carbocycles. The molecule has 0 aliphatic carbocycles. The van der Waals surface area contributed by atoms with Crippen LogP contribution in [0.1, 0.15) is 16.7 Å². The van der Waals surface area contributed by atoms with Gasteiger partial charge in [-0.1, -0.05) is 43.0 Å². The molecule has 4 heteroatoms. The van der Waals surface area contributed by atoms with Gasteiger partial charge in [0.25, 0.3) is 0 Å². The molecule has 0 heterocycles. The molecule has 3 rings (SSSR count). The smallest absolute Gasteiger partial charge is 0.118 e. The standard InChI is InChI=1S/C24H26N2O2/c1-4-18-9-14-23(25-16-19-5-10-21(27-2)11-6-19)24(15-18)26-17-20-7-12-22(28-3)13-8-20/h4-15,25-26H,1,16-17H2,2-3H3. The highest BCUT2D eigenvalue weighted by atomic mass is 16.5. The zero-order valence-electron chi connectivity index (χ0n) is 16.4. The van der Waals surface area contributed by atoms with Crippen molar-refractivity contribution >= 4 is 17.5 Å². The molecule has 0 saturated carbocycles. The Morgan fingerprint density at radius 3 is 1.68 bits per heavy atom. The molecule has 0 aromatic heterocycles. The summed E-state index contributed by atoms with van der Waals surface area (Å²) in [5.74, 6) is 1.72. The highest BCUT2D eigenvalue weighted by Gasteiger charge is 2.04. The van der Waals surface area contributed by atoms with Crippen LogP contribution < -0.4 is 20.1 Å². The van der Waals surface area contributed by atoms with Crippen molar-refractivity contribution in [1.82, 2.24) is 0 Å². The summed E-state index contributed by atoms with van der Waals surface area (Å²) >= 11 is 0. The average Bonchev–Trinajstić information content (AvgIpc) is 2.77. The van der Waals surface area contributed by atoms with E-state index in [4.69, 9.17) is 9.47 Å². The Labute approximate surface area is 166 Å². The van der Waals surface area contributed by atoms with Crippen LogP contribution in [0.3, 0.4) is 0 Å². The molecule has 0 radical (unpaired) electrons. The van der Waals surface area contributed by atoms with E-state index in [9.17, 15) is 0 Å². The van der Waals surface area contributed by atoms with Gasteiger partial charge in [-0.2, -0.15) is 0 Å². The van der Waals surface area contributed by atoms with E-state index in [1.807, 2.05) is 30.3 Å². The van der Waals surface area contributed by atoms with E-state index in [1.165, 1.54) is 11.1 Å². The first-order valence-electron chi connectivity index (χ1n) is 9.22. The van der Waals surface area contributed by atoms with Gasteiger partial charge >= 0.3 is 0 Å². The Morgan fingerprint density at radius 1 is 0.714 bits per heavy atom. The molecule has 0 fully saturated rings. The molecule has 0 atom stereocenters. The number of anilines is 2. The van der Waals surface area contributed by atoms with Crippen LogP contribution in [-0.4, -0.2) is 14.2 Å². The predicted octanol–water partition coefficient (Wildman–Crippen LogP) is 5.57. The van der Waals surface area contributed by atoms with Gasteiger partial charge in [0, 0.05) is 13.1 Å². The number of hydrogen-bond acceptors (Lipinski definition) is 4. The topological polar surface area (TPSA) is 42.5 Å². The van der Waals surface area contributed by atoms with Crippen molar-refractivity contribution in [3.8, 4) is 11.5 Å². The van der Waals surface area contributed by atoms with Crippen LogP contribution in [0.5, 0.6) is 11.5 Å². The van der Waals surface area contributed by atoms with Crippen LogP contribution in [0.25, 0.3) is 6.08 Å². The number of rotatable bonds is 9. The molecule has 0 amide bonds. The largest absolute Gasteiger partial charge is 0.497 e. The second-order valence-corrected chi connectivity index (χ2v) is 6.41. The molecule has 0 aliphatic rings. The Kier molecular flexibility index (Phi) is 6.58. The second kappa shape index (κ2) is 9.51. The summed E-state index contributed by atoms with van der Waals surface area (Å²) in [6, 6.07) is 22.4. The summed E-state index contributed by atoms with van der Waals surface area (Å²) in [7, 11) is 3.35. The number of methoxy groups -OCH3 is 2. The summed E-state index contributed by atoms with van der Waals surface area (Å²) in [4.78, 5) is 0. The molecule has 0 aliphatic heterocycles. The van der Waals surface area contributed by atoms with Gasteiger partial charge < -0.3 is 20.1 Å². The molecule has 0 bridgehead atoms. The number of hydrogen-bond donors (Lipinski definition) is 2. The fourth-order valence-corrected chi connectivity index (χ4v) is 2.87. The van der Waals surface area contributed by atoms with Crippen molar-refractivity contribution in [1.29, 1.82) is 0 Å². The molecular formula is C24H26N2O2. The van der Waals surface area contributed by atoms with Crippen molar-refractivity contribution < 1.29 is 9.47 Å². The van der Waals surface area contributed by atoms with E-state index in [2.05, 4.69) is 59.7 Å². The Morgan fingerprint density at radius 2 is 1.21 bits per heavy atom. The highest BCUT2D eigenvalue weighted by Crippen LogP contribution is 2.26. The van der Waals surface area contributed by atoms with Gasteiger partial charge in [0.2, 0.25) is 0 Å².